The van der Waals surface area contributed by atoms with Gasteiger partial charge in [-0.3, -0.25) is 9.69 Å². The van der Waals surface area contributed by atoms with Crippen LogP contribution in [0.4, 0.5) is 4.39 Å². The molecule has 1 aliphatic heterocycles. The first-order valence-corrected chi connectivity index (χ1v) is 6.59. The maximum absolute atomic E-state index is 14.0. The Bertz CT molecular complexity index is 557. The summed E-state index contributed by atoms with van der Waals surface area (Å²) in [4.78, 5) is 13.2. The van der Waals surface area contributed by atoms with E-state index in [-0.39, 0.29) is 5.56 Å². The average molecular weight is 276 g/mol. The lowest BCUT2D eigenvalue weighted by Gasteiger charge is -2.36. The maximum atomic E-state index is 14.0. The zero-order valence-corrected chi connectivity index (χ0v) is 11.4. The maximum Gasteiger partial charge on any atom is 0.309 e. The van der Waals surface area contributed by atoms with Crippen LogP contribution in [-0.4, -0.2) is 29.1 Å². The molecule has 1 aromatic rings. The average Bonchev–Trinajstić information content (AvgIpc) is 2.43. The first-order chi connectivity index (χ1) is 9.46. The van der Waals surface area contributed by atoms with Gasteiger partial charge in [-0.05, 0) is 38.9 Å². The highest BCUT2D eigenvalue weighted by atomic mass is 19.1. The molecule has 20 heavy (non-hydrogen) atoms. The molecule has 0 aliphatic carbocycles. The minimum atomic E-state index is -0.769. The fourth-order valence-electron chi connectivity index (χ4n) is 2.45. The number of nitriles is 1. The molecule has 1 aromatic carbocycles. The Labute approximate surface area is 117 Å². The highest BCUT2D eigenvalue weighted by molar-refractivity contribution is 5.74. The first kappa shape index (κ1) is 14.5. The standard InChI is InChI=1S/C15H17FN2O2/c1-15(14(19)20)5-7-18(8-6-15)10-12-4-2-3-11(9-17)13(12)16/h2-4H,5-8,10H2,1H3,(H,19,20). The van der Waals surface area contributed by atoms with E-state index in [0.717, 1.165) is 0 Å². The third-order valence-electron chi connectivity index (χ3n) is 4.07. The van der Waals surface area contributed by atoms with E-state index in [1.165, 1.54) is 6.07 Å². The molecule has 1 fully saturated rings. The van der Waals surface area contributed by atoms with E-state index in [4.69, 9.17) is 5.26 Å². The monoisotopic (exact) mass is 276 g/mol. The quantitative estimate of drug-likeness (QED) is 0.920. The Kier molecular flexibility index (Phi) is 4.05. The lowest BCUT2D eigenvalue weighted by Crippen LogP contribution is -2.42. The normalized spacial score (nSPS) is 18.4. The largest absolute Gasteiger partial charge is 0.481 e. The zero-order chi connectivity index (χ0) is 14.8. The number of rotatable bonds is 3. The molecule has 0 amide bonds. The zero-order valence-electron chi connectivity index (χ0n) is 11.4. The topological polar surface area (TPSA) is 64.3 Å². The number of hydrogen-bond acceptors (Lipinski definition) is 3. The van der Waals surface area contributed by atoms with E-state index in [1.807, 2.05) is 11.0 Å². The number of hydrogen-bond donors (Lipinski definition) is 1. The van der Waals surface area contributed by atoms with Crippen LogP contribution in [0.2, 0.25) is 0 Å². The Hall–Kier alpha value is -1.93. The van der Waals surface area contributed by atoms with E-state index >= 15 is 0 Å². The minimum absolute atomic E-state index is 0.0508. The molecule has 1 heterocycles. The number of nitrogens with zero attached hydrogens (tertiary/aromatic N) is 2. The molecule has 1 aliphatic rings. The number of likely N-dealkylation sites (tertiary alicyclic amines) is 1. The highest BCUT2D eigenvalue weighted by Gasteiger charge is 2.36. The van der Waals surface area contributed by atoms with Crippen molar-refractivity contribution in [3.05, 3.63) is 35.1 Å². The molecule has 0 spiro atoms. The molecule has 106 valence electrons. The second-order valence-electron chi connectivity index (χ2n) is 5.53. The molecular weight excluding hydrogens is 259 g/mol. The van der Waals surface area contributed by atoms with Crippen molar-refractivity contribution in [2.24, 2.45) is 5.41 Å². The van der Waals surface area contributed by atoms with E-state index < -0.39 is 17.2 Å². The Morgan fingerprint density at radius 3 is 2.70 bits per heavy atom. The van der Waals surface area contributed by atoms with Crippen molar-refractivity contribution >= 4 is 5.97 Å². The summed E-state index contributed by atoms with van der Waals surface area (Å²) in [5.41, 5.74) is -0.137. The lowest BCUT2D eigenvalue weighted by atomic mass is 9.80. The molecule has 1 N–H and O–H groups in total. The second-order valence-corrected chi connectivity index (χ2v) is 5.53. The third-order valence-corrected chi connectivity index (χ3v) is 4.07. The van der Waals surface area contributed by atoms with Crippen LogP contribution in [0.25, 0.3) is 0 Å². The fraction of sp³-hybridized carbons (Fsp3) is 0.467. The summed E-state index contributed by atoms with van der Waals surface area (Å²) in [6, 6.07) is 6.62. The highest BCUT2D eigenvalue weighted by Crippen LogP contribution is 2.31. The second kappa shape index (κ2) is 5.59. The summed E-state index contributed by atoms with van der Waals surface area (Å²) >= 11 is 0. The van der Waals surface area contributed by atoms with Gasteiger partial charge in [-0.1, -0.05) is 12.1 Å². The number of carbonyl (C=O) groups is 1. The first-order valence-electron chi connectivity index (χ1n) is 6.59. The van der Waals surface area contributed by atoms with Crippen molar-refractivity contribution in [1.29, 1.82) is 5.26 Å². The number of carboxylic acid groups (broad SMARTS) is 1. The number of halogens is 1. The summed E-state index contributed by atoms with van der Waals surface area (Å²) in [6.07, 6.45) is 1.11. The summed E-state index contributed by atoms with van der Waals surface area (Å²) < 4.78 is 14.0. The van der Waals surface area contributed by atoms with Crippen molar-refractivity contribution in [2.75, 3.05) is 13.1 Å². The smallest absolute Gasteiger partial charge is 0.309 e. The molecule has 0 bridgehead atoms. The molecule has 4 nitrogen and oxygen atoms in total. The molecule has 0 unspecified atom stereocenters. The molecule has 0 aromatic heterocycles. The van der Waals surface area contributed by atoms with Gasteiger partial charge in [-0.15, -0.1) is 0 Å². The molecule has 0 atom stereocenters. The SMILES string of the molecule is CC1(C(=O)O)CCN(Cc2cccc(C#N)c2F)CC1. The van der Waals surface area contributed by atoms with Gasteiger partial charge in [-0.25, -0.2) is 4.39 Å². The van der Waals surface area contributed by atoms with Crippen LogP contribution in [-0.2, 0) is 11.3 Å². The van der Waals surface area contributed by atoms with Gasteiger partial charge < -0.3 is 5.11 Å². The van der Waals surface area contributed by atoms with Gasteiger partial charge in [0.2, 0.25) is 0 Å². The fourth-order valence-corrected chi connectivity index (χ4v) is 2.45. The molecule has 0 radical (unpaired) electrons. The molecule has 2 rings (SSSR count). The van der Waals surface area contributed by atoms with Gasteiger partial charge in [0.05, 0.1) is 11.0 Å². The van der Waals surface area contributed by atoms with Crippen LogP contribution in [0.3, 0.4) is 0 Å². The van der Waals surface area contributed by atoms with Crippen molar-refractivity contribution in [2.45, 2.75) is 26.3 Å². The van der Waals surface area contributed by atoms with Gasteiger partial charge in [0.15, 0.2) is 0 Å². The predicted octanol–water partition coefficient (Wildman–Crippen LogP) is 2.38. The molecule has 0 saturated carbocycles. The van der Waals surface area contributed by atoms with Crippen molar-refractivity contribution < 1.29 is 14.3 Å². The predicted molar refractivity (Wildman–Crippen MR) is 71.4 cm³/mol. The van der Waals surface area contributed by atoms with Crippen LogP contribution in [0.5, 0.6) is 0 Å². The van der Waals surface area contributed by atoms with Crippen LogP contribution in [0.15, 0.2) is 18.2 Å². The van der Waals surface area contributed by atoms with Gasteiger partial charge in [0, 0.05) is 12.1 Å². The van der Waals surface area contributed by atoms with E-state index in [1.54, 1.807) is 19.1 Å². The lowest BCUT2D eigenvalue weighted by molar-refractivity contribution is -0.150. The summed E-state index contributed by atoms with van der Waals surface area (Å²) in [7, 11) is 0. The number of carboxylic acids is 1. The summed E-state index contributed by atoms with van der Waals surface area (Å²) in [5, 5.41) is 18.0. The van der Waals surface area contributed by atoms with Crippen molar-refractivity contribution in [3.8, 4) is 6.07 Å². The molecular formula is C15H17FN2O2. The van der Waals surface area contributed by atoms with E-state index in [0.29, 0.717) is 38.0 Å². The van der Waals surface area contributed by atoms with Crippen molar-refractivity contribution in [1.82, 2.24) is 4.90 Å². The molecule has 5 heteroatoms. The Morgan fingerprint density at radius 1 is 1.50 bits per heavy atom. The number of benzene rings is 1. The van der Waals surface area contributed by atoms with Gasteiger partial charge >= 0.3 is 5.97 Å². The number of piperidine rings is 1. The van der Waals surface area contributed by atoms with E-state index in [2.05, 4.69) is 0 Å². The van der Waals surface area contributed by atoms with Crippen LogP contribution in [0, 0.1) is 22.6 Å². The van der Waals surface area contributed by atoms with Gasteiger partial charge in [0.25, 0.3) is 0 Å². The molecule has 1 saturated heterocycles. The number of aliphatic carboxylic acids is 1. The Morgan fingerprint density at radius 2 is 2.15 bits per heavy atom. The van der Waals surface area contributed by atoms with E-state index in [9.17, 15) is 14.3 Å². The summed E-state index contributed by atoms with van der Waals surface area (Å²) in [6.45, 7) is 3.42. The van der Waals surface area contributed by atoms with Gasteiger partial charge in [0.1, 0.15) is 11.9 Å². The Balaban J connectivity index is 2.04. The minimum Gasteiger partial charge on any atom is -0.481 e. The summed E-state index contributed by atoms with van der Waals surface area (Å²) in [5.74, 6) is -1.24. The van der Waals surface area contributed by atoms with Crippen LogP contribution >= 0.6 is 0 Å². The van der Waals surface area contributed by atoms with Crippen LogP contribution < -0.4 is 0 Å². The van der Waals surface area contributed by atoms with Gasteiger partial charge in [-0.2, -0.15) is 5.26 Å². The third kappa shape index (κ3) is 2.81. The van der Waals surface area contributed by atoms with Crippen molar-refractivity contribution in [3.63, 3.8) is 0 Å². The van der Waals surface area contributed by atoms with Crippen LogP contribution in [0.1, 0.15) is 30.9 Å².